The molecule has 1 fully saturated rings. The van der Waals surface area contributed by atoms with Gasteiger partial charge in [-0.3, -0.25) is 9.88 Å². The quantitative estimate of drug-likeness (QED) is 0.870. The minimum atomic E-state index is 0.598. The molecule has 1 saturated carbocycles. The van der Waals surface area contributed by atoms with E-state index >= 15 is 0 Å². The SMILES string of the molecule is c1ccc(CN2CCc3nc(C4CCCCC4)ncc3C2)nc1. The minimum Gasteiger partial charge on any atom is -0.293 e. The monoisotopic (exact) mass is 308 g/mol. The molecule has 2 aromatic rings. The summed E-state index contributed by atoms with van der Waals surface area (Å²) in [6.45, 7) is 2.91. The fourth-order valence-corrected chi connectivity index (χ4v) is 3.80. The van der Waals surface area contributed by atoms with Crippen molar-refractivity contribution in [3.05, 3.63) is 53.4 Å². The van der Waals surface area contributed by atoms with Crippen molar-refractivity contribution in [2.24, 2.45) is 0 Å². The van der Waals surface area contributed by atoms with Crippen molar-refractivity contribution >= 4 is 0 Å². The molecular weight excluding hydrogens is 284 g/mol. The van der Waals surface area contributed by atoms with Gasteiger partial charge in [0.05, 0.1) is 5.69 Å². The molecule has 2 aliphatic rings. The molecule has 0 aromatic carbocycles. The first-order chi connectivity index (χ1) is 11.4. The van der Waals surface area contributed by atoms with E-state index in [2.05, 4.69) is 28.2 Å². The highest BCUT2D eigenvalue weighted by molar-refractivity contribution is 5.22. The molecule has 4 nitrogen and oxygen atoms in total. The smallest absolute Gasteiger partial charge is 0.131 e. The number of aromatic nitrogens is 3. The summed E-state index contributed by atoms with van der Waals surface area (Å²) in [7, 11) is 0. The van der Waals surface area contributed by atoms with Gasteiger partial charge in [-0.05, 0) is 25.0 Å². The molecule has 1 aliphatic carbocycles. The summed E-state index contributed by atoms with van der Waals surface area (Å²) in [4.78, 5) is 16.5. The second kappa shape index (κ2) is 6.75. The number of rotatable bonds is 3. The number of hydrogen-bond acceptors (Lipinski definition) is 4. The van der Waals surface area contributed by atoms with Gasteiger partial charge >= 0.3 is 0 Å². The first-order valence-electron chi connectivity index (χ1n) is 8.85. The van der Waals surface area contributed by atoms with E-state index in [-0.39, 0.29) is 0 Å². The van der Waals surface area contributed by atoms with E-state index in [4.69, 9.17) is 9.97 Å². The van der Waals surface area contributed by atoms with E-state index in [1.807, 2.05) is 12.3 Å². The Morgan fingerprint density at radius 3 is 2.83 bits per heavy atom. The predicted molar refractivity (Wildman–Crippen MR) is 89.9 cm³/mol. The lowest BCUT2D eigenvalue weighted by Gasteiger charge is -2.28. The number of nitrogens with zero attached hydrogens (tertiary/aromatic N) is 4. The van der Waals surface area contributed by atoms with Gasteiger partial charge in [0.25, 0.3) is 0 Å². The molecule has 1 aliphatic heterocycles. The van der Waals surface area contributed by atoms with Crippen molar-refractivity contribution in [2.45, 2.75) is 57.5 Å². The second-order valence-corrected chi connectivity index (χ2v) is 6.82. The van der Waals surface area contributed by atoms with E-state index in [1.54, 1.807) is 0 Å². The van der Waals surface area contributed by atoms with Gasteiger partial charge in [0.15, 0.2) is 0 Å². The minimum absolute atomic E-state index is 0.598. The molecule has 0 N–H and O–H groups in total. The maximum Gasteiger partial charge on any atom is 0.131 e. The Morgan fingerprint density at radius 2 is 2.00 bits per heavy atom. The van der Waals surface area contributed by atoms with Crippen LogP contribution >= 0.6 is 0 Å². The van der Waals surface area contributed by atoms with Crippen molar-refractivity contribution in [1.29, 1.82) is 0 Å². The largest absolute Gasteiger partial charge is 0.293 e. The number of fused-ring (bicyclic) bond motifs is 1. The maximum atomic E-state index is 4.93. The average molecular weight is 308 g/mol. The molecule has 4 rings (SSSR count). The maximum absolute atomic E-state index is 4.93. The third kappa shape index (κ3) is 3.42. The van der Waals surface area contributed by atoms with Crippen LogP contribution in [0.3, 0.4) is 0 Å². The Balaban J connectivity index is 1.45. The van der Waals surface area contributed by atoms with E-state index < -0.39 is 0 Å². The van der Waals surface area contributed by atoms with E-state index in [1.165, 1.54) is 43.4 Å². The van der Waals surface area contributed by atoms with Gasteiger partial charge in [-0.2, -0.15) is 0 Å². The van der Waals surface area contributed by atoms with Crippen LogP contribution in [0.5, 0.6) is 0 Å². The van der Waals surface area contributed by atoms with Gasteiger partial charge in [0.2, 0.25) is 0 Å². The fourth-order valence-electron chi connectivity index (χ4n) is 3.80. The highest BCUT2D eigenvalue weighted by atomic mass is 15.1. The highest BCUT2D eigenvalue weighted by Crippen LogP contribution is 2.31. The van der Waals surface area contributed by atoms with Crippen LogP contribution in [-0.2, 0) is 19.5 Å². The first-order valence-corrected chi connectivity index (χ1v) is 8.85. The molecule has 0 amide bonds. The Bertz CT molecular complexity index is 650. The van der Waals surface area contributed by atoms with Crippen molar-refractivity contribution in [3.8, 4) is 0 Å². The molecule has 120 valence electrons. The molecule has 0 saturated heterocycles. The van der Waals surface area contributed by atoms with Crippen LogP contribution in [0.15, 0.2) is 30.6 Å². The zero-order valence-corrected chi connectivity index (χ0v) is 13.6. The molecule has 3 heterocycles. The fraction of sp³-hybridized carbons (Fsp3) is 0.526. The summed E-state index contributed by atoms with van der Waals surface area (Å²) in [5, 5.41) is 0. The van der Waals surface area contributed by atoms with E-state index in [0.717, 1.165) is 37.6 Å². The lowest BCUT2D eigenvalue weighted by Crippen LogP contribution is -2.31. The summed E-state index contributed by atoms with van der Waals surface area (Å²) in [6.07, 6.45) is 11.6. The van der Waals surface area contributed by atoms with Crippen LogP contribution < -0.4 is 0 Å². The molecule has 4 heteroatoms. The third-order valence-corrected chi connectivity index (χ3v) is 5.11. The summed E-state index contributed by atoms with van der Waals surface area (Å²) in [5.74, 6) is 1.70. The van der Waals surface area contributed by atoms with E-state index in [9.17, 15) is 0 Å². The Hall–Kier alpha value is -1.81. The number of hydrogen-bond donors (Lipinski definition) is 0. The topological polar surface area (TPSA) is 41.9 Å². The summed E-state index contributed by atoms with van der Waals surface area (Å²) in [5.41, 5.74) is 3.71. The molecule has 0 bridgehead atoms. The van der Waals surface area contributed by atoms with Gasteiger partial charge in [0.1, 0.15) is 5.82 Å². The van der Waals surface area contributed by atoms with Crippen molar-refractivity contribution in [3.63, 3.8) is 0 Å². The van der Waals surface area contributed by atoms with Crippen molar-refractivity contribution in [1.82, 2.24) is 19.9 Å². The van der Waals surface area contributed by atoms with Crippen molar-refractivity contribution < 1.29 is 0 Å². The lowest BCUT2D eigenvalue weighted by atomic mass is 9.88. The first kappa shape index (κ1) is 14.8. The molecule has 0 radical (unpaired) electrons. The summed E-state index contributed by atoms with van der Waals surface area (Å²) >= 11 is 0. The average Bonchev–Trinajstić information content (AvgIpc) is 2.63. The molecule has 0 atom stereocenters. The Labute approximate surface area is 138 Å². The van der Waals surface area contributed by atoms with Gasteiger partial charge in [-0.15, -0.1) is 0 Å². The Morgan fingerprint density at radius 1 is 1.09 bits per heavy atom. The zero-order chi connectivity index (χ0) is 15.5. The van der Waals surface area contributed by atoms with Crippen LogP contribution in [0, 0.1) is 0 Å². The predicted octanol–water partition coefficient (Wildman–Crippen LogP) is 3.48. The van der Waals surface area contributed by atoms with Gasteiger partial charge in [-0.1, -0.05) is 25.3 Å². The second-order valence-electron chi connectivity index (χ2n) is 6.82. The van der Waals surface area contributed by atoms with Crippen LogP contribution in [0.25, 0.3) is 0 Å². The zero-order valence-electron chi connectivity index (χ0n) is 13.6. The standard InChI is InChI=1S/C19H24N4/c1-2-6-15(7-3-1)19-21-12-16-13-23(11-9-18(16)22-19)14-17-8-4-5-10-20-17/h4-5,8,10,12,15H,1-3,6-7,9,11,13-14H2. The Kier molecular flexibility index (Phi) is 4.33. The summed E-state index contributed by atoms with van der Waals surface area (Å²) < 4.78 is 0. The van der Waals surface area contributed by atoms with Crippen LogP contribution in [-0.4, -0.2) is 26.4 Å². The van der Waals surface area contributed by atoms with Crippen LogP contribution in [0.4, 0.5) is 0 Å². The van der Waals surface area contributed by atoms with Crippen LogP contribution in [0.2, 0.25) is 0 Å². The van der Waals surface area contributed by atoms with Gasteiger partial charge in [-0.25, -0.2) is 9.97 Å². The molecular formula is C19H24N4. The third-order valence-electron chi connectivity index (χ3n) is 5.11. The molecule has 0 spiro atoms. The normalized spacial score (nSPS) is 19.5. The molecule has 23 heavy (non-hydrogen) atoms. The highest BCUT2D eigenvalue weighted by Gasteiger charge is 2.22. The lowest BCUT2D eigenvalue weighted by molar-refractivity contribution is 0.239. The van der Waals surface area contributed by atoms with Crippen LogP contribution in [0.1, 0.15) is 60.8 Å². The molecule has 2 aromatic heterocycles. The summed E-state index contributed by atoms with van der Waals surface area (Å²) in [6, 6.07) is 6.12. The number of pyridine rings is 1. The van der Waals surface area contributed by atoms with Gasteiger partial charge < -0.3 is 0 Å². The van der Waals surface area contributed by atoms with Crippen molar-refractivity contribution in [2.75, 3.05) is 6.54 Å². The van der Waals surface area contributed by atoms with Gasteiger partial charge in [0, 0.05) is 55.6 Å². The molecule has 0 unspecified atom stereocenters. The van der Waals surface area contributed by atoms with E-state index in [0.29, 0.717) is 5.92 Å².